The molecule has 1 N–H and O–H groups in total. The quantitative estimate of drug-likeness (QED) is 0.467. The monoisotopic (exact) mass is 393 g/mol. The van der Waals surface area contributed by atoms with Gasteiger partial charge >= 0.3 is 0 Å². The number of hydrogen-bond donors (Lipinski definition) is 1. The number of allylic oxidation sites excluding steroid dienone is 1. The Labute approximate surface area is 169 Å². The Kier molecular flexibility index (Phi) is 6.60. The summed E-state index contributed by atoms with van der Waals surface area (Å²) in [5.41, 5.74) is 3.20. The molecule has 1 atom stereocenters. The predicted molar refractivity (Wildman–Crippen MR) is 112 cm³/mol. The molecule has 7 heteroatoms. The second-order valence-electron chi connectivity index (χ2n) is 6.40. The van der Waals surface area contributed by atoms with Crippen molar-refractivity contribution in [3.63, 3.8) is 0 Å². The fourth-order valence-corrected chi connectivity index (χ4v) is 3.52. The van der Waals surface area contributed by atoms with Gasteiger partial charge in [-0.3, -0.25) is 14.3 Å². The highest BCUT2D eigenvalue weighted by Crippen LogP contribution is 2.26. The zero-order valence-corrected chi connectivity index (χ0v) is 16.8. The number of aromatic nitrogens is 4. The van der Waals surface area contributed by atoms with Gasteiger partial charge in [-0.2, -0.15) is 0 Å². The summed E-state index contributed by atoms with van der Waals surface area (Å²) in [4.78, 5) is 16.6. The van der Waals surface area contributed by atoms with Gasteiger partial charge in [0.25, 0.3) is 0 Å². The topological polar surface area (TPSA) is 72.7 Å². The van der Waals surface area contributed by atoms with Crippen molar-refractivity contribution in [2.45, 2.75) is 37.3 Å². The second kappa shape index (κ2) is 9.32. The lowest BCUT2D eigenvalue weighted by Gasteiger charge is -2.13. The number of nitrogens with one attached hydrogen (secondary N) is 1. The van der Waals surface area contributed by atoms with Crippen LogP contribution in [-0.2, 0) is 17.9 Å². The molecule has 0 saturated heterocycles. The van der Waals surface area contributed by atoms with Crippen molar-refractivity contribution in [2.24, 2.45) is 0 Å². The van der Waals surface area contributed by atoms with E-state index in [4.69, 9.17) is 0 Å². The largest absolute Gasteiger partial charge is 0.351 e. The number of amides is 1. The maximum absolute atomic E-state index is 12.5. The molecule has 6 nitrogen and oxygen atoms in total. The Morgan fingerprint density at radius 3 is 2.61 bits per heavy atom. The maximum atomic E-state index is 12.5. The summed E-state index contributed by atoms with van der Waals surface area (Å²) in [5.74, 6) is 0.696. The molecule has 2 aromatic heterocycles. The summed E-state index contributed by atoms with van der Waals surface area (Å²) in [6, 6.07) is 11.9. The Bertz CT molecular complexity index is 937. The van der Waals surface area contributed by atoms with Gasteiger partial charge in [-0.15, -0.1) is 16.8 Å². The lowest BCUT2D eigenvalue weighted by Crippen LogP contribution is -2.30. The minimum absolute atomic E-state index is 0.0378. The van der Waals surface area contributed by atoms with Crippen LogP contribution in [0.5, 0.6) is 0 Å². The number of pyridine rings is 1. The van der Waals surface area contributed by atoms with Gasteiger partial charge in [0.05, 0.1) is 5.25 Å². The van der Waals surface area contributed by atoms with E-state index in [0.717, 1.165) is 17.0 Å². The normalized spacial score (nSPS) is 11.8. The summed E-state index contributed by atoms with van der Waals surface area (Å²) >= 11 is 1.39. The van der Waals surface area contributed by atoms with E-state index >= 15 is 0 Å². The summed E-state index contributed by atoms with van der Waals surface area (Å²) in [5, 5.41) is 12.0. The SMILES string of the molecule is C=CCn1c(S[C@@H](C)C(=O)NCc2ccc(C)cc2)nnc1-c1ccncc1. The number of hydrogen-bond acceptors (Lipinski definition) is 5. The van der Waals surface area contributed by atoms with Crippen LogP contribution in [0.3, 0.4) is 0 Å². The first-order chi connectivity index (χ1) is 13.6. The van der Waals surface area contributed by atoms with Crippen molar-refractivity contribution >= 4 is 17.7 Å². The first-order valence-corrected chi connectivity index (χ1v) is 9.91. The molecule has 3 aromatic rings. The minimum Gasteiger partial charge on any atom is -0.351 e. The summed E-state index contributed by atoms with van der Waals surface area (Å²) in [7, 11) is 0. The van der Waals surface area contributed by atoms with Crippen LogP contribution in [0.15, 0.2) is 66.6 Å². The lowest BCUT2D eigenvalue weighted by molar-refractivity contribution is -0.120. The molecule has 28 heavy (non-hydrogen) atoms. The number of carbonyl (C=O) groups excluding carboxylic acids is 1. The van der Waals surface area contributed by atoms with Gasteiger partial charge in [0.1, 0.15) is 0 Å². The van der Waals surface area contributed by atoms with Gasteiger partial charge < -0.3 is 5.32 Å². The molecule has 0 aliphatic rings. The number of nitrogens with zero attached hydrogens (tertiary/aromatic N) is 4. The fourth-order valence-electron chi connectivity index (χ4n) is 2.63. The van der Waals surface area contributed by atoms with Crippen LogP contribution < -0.4 is 5.32 Å². The molecule has 0 radical (unpaired) electrons. The van der Waals surface area contributed by atoms with E-state index in [-0.39, 0.29) is 11.2 Å². The Morgan fingerprint density at radius 1 is 1.21 bits per heavy atom. The summed E-state index contributed by atoms with van der Waals surface area (Å²) < 4.78 is 1.96. The van der Waals surface area contributed by atoms with Crippen LogP contribution in [-0.4, -0.2) is 30.9 Å². The maximum Gasteiger partial charge on any atom is 0.233 e. The van der Waals surface area contributed by atoms with Crippen LogP contribution in [0.2, 0.25) is 0 Å². The fraction of sp³-hybridized carbons (Fsp3) is 0.238. The van der Waals surface area contributed by atoms with Gasteiger partial charge in [-0.05, 0) is 31.5 Å². The first-order valence-electron chi connectivity index (χ1n) is 9.03. The molecule has 0 aliphatic heterocycles. The number of thioether (sulfide) groups is 1. The highest BCUT2D eigenvalue weighted by atomic mass is 32.2. The zero-order chi connectivity index (χ0) is 19.9. The molecular weight excluding hydrogens is 370 g/mol. The molecular formula is C21H23N5OS. The van der Waals surface area contributed by atoms with Gasteiger partial charge in [0.2, 0.25) is 5.91 Å². The molecule has 0 spiro atoms. The van der Waals surface area contributed by atoms with Crippen LogP contribution in [0, 0.1) is 6.92 Å². The van der Waals surface area contributed by atoms with Crippen molar-refractivity contribution in [3.05, 3.63) is 72.6 Å². The van der Waals surface area contributed by atoms with Crippen LogP contribution in [0.25, 0.3) is 11.4 Å². The van der Waals surface area contributed by atoms with Crippen LogP contribution in [0.4, 0.5) is 0 Å². The third-order valence-corrected chi connectivity index (χ3v) is 5.29. The van der Waals surface area contributed by atoms with Gasteiger partial charge in [-0.25, -0.2) is 0 Å². The Hall–Kier alpha value is -2.93. The third kappa shape index (κ3) is 4.86. The molecule has 0 aliphatic carbocycles. The average molecular weight is 394 g/mol. The van der Waals surface area contributed by atoms with Crippen molar-refractivity contribution in [1.29, 1.82) is 0 Å². The predicted octanol–water partition coefficient (Wildman–Crippen LogP) is 3.63. The molecule has 1 amide bonds. The first kappa shape index (κ1) is 19.8. The standard InChI is InChI=1S/C21H23N5OS/c1-4-13-26-19(18-9-11-22-12-10-18)24-25-21(26)28-16(3)20(27)23-14-17-7-5-15(2)6-8-17/h4-12,16H,1,13-14H2,2-3H3,(H,23,27)/t16-/m0/s1. The third-order valence-electron chi connectivity index (χ3n) is 4.21. The van der Waals surface area contributed by atoms with Crippen molar-refractivity contribution < 1.29 is 4.79 Å². The highest BCUT2D eigenvalue weighted by Gasteiger charge is 2.20. The zero-order valence-electron chi connectivity index (χ0n) is 16.0. The molecule has 3 rings (SSSR count). The van der Waals surface area contributed by atoms with Crippen LogP contribution >= 0.6 is 11.8 Å². The summed E-state index contributed by atoms with van der Waals surface area (Å²) in [6.07, 6.45) is 5.23. The Balaban J connectivity index is 1.68. The van der Waals surface area contributed by atoms with E-state index in [2.05, 4.69) is 27.1 Å². The van der Waals surface area contributed by atoms with E-state index < -0.39 is 0 Å². The average Bonchev–Trinajstić information content (AvgIpc) is 3.10. The van der Waals surface area contributed by atoms with Crippen molar-refractivity contribution in [2.75, 3.05) is 0 Å². The molecule has 0 bridgehead atoms. The smallest absolute Gasteiger partial charge is 0.233 e. The number of aryl methyl sites for hydroxylation is 1. The van der Waals surface area contributed by atoms with Crippen molar-refractivity contribution in [3.8, 4) is 11.4 Å². The van der Waals surface area contributed by atoms with Gasteiger partial charge in [-0.1, -0.05) is 47.7 Å². The molecule has 0 unspecified atom stereocenters. The summed E-state index contributed by atoms with van der Waals surface area (Å²) in [6.45, 7) is 8.79. The molecule has 144 valence electrons. The molecule has 0 saturated carbocycles. The van der Waals surface area contributed by atoms with Crippen LogP contribution in [0.1, 0.15) is 18.1 Å². The Morgan fingerprint density at radius 2 is 1.93 bits per heavy atom. The van der Waals surface area contributed by atoms with E-state index in [1.807, 2.05) is 54.8 Å². The lowest BCUT2D eigenvalue weighted by atomic mass is 10.1. The van der Waals surface area contributed by atoms with E-state index in [9.17, 15) is 4.79 Å². The second-order valence-corrected chi connectivity index (χ2v) is 7.71. The highest BCUT2D eigenvalue weighted by molar-refractivity contribution is 8.00. The molecule has 1 aromatic carbocycles. The number of benzene rings is 1. The van der Waals surface area contributed by atoms with E-state index in [0.29, 0.717) is 18.2 Å². The van der Waals surface area contributed by atoms with E-state index in [1.165, 1.54) is 17.3 Å². The van der Waals surface area contributed by atoms with E-state index in [1.54, 1.807) is 18.5 Å². The van der Waals surface area contributed by atoms with Gasteiger partial charge in [0, 0.05) is 31.0 Å². The molecule has 2 heterocycles. The van der Waals surface area contributed by atoms with Crippen molar-refractivity contribution in [1.82, 2.24) is 25.1 Å². The molecule has 0 fully saturated rings. The number of carbonyl (C=O) groups is 1. The van der Waals surface area contributed by atoms with Gasteiger partial charge in [0.15, 0.2) is 11.0 Å². The minimum atomic E-state index is -0.302. The number of rotatable bonds is 8.